The van der Waals surface area contributed by atoms with Gasteiger partial charge in [-0.2, -0.15) is 0 Å². The van der Waals surface area contributed by atoms with Crippen LogP contribution in [0.25, 0.3) is 0 Å². The fourth-order valence-corrected chi connectivity index (χ4v) is 0.803. The second-order valence-electron chi connectivity index (χ2n) is 1.59. The second kappa shape index (κ2) is 3.29. The molecule has 6 heteroatoms. The van der Waals surface area contributed by atoms with Crippen molar-refractivity contribution in [2.24, 2.45) is 0 Å². The average Bonchev–Trinajstić information content (AvgIpc) is 1.62. The summed E-state index contributed by atoms with van der Waals surface area (Å²) in [6.07, 6.45) is -0.814. The summed E-state index contributed by atoms with van der Waals surface area (Å²) in [7, 11) is -4.40. The summed E-state index contributed by atoms with van der Waals surface area (Å²) in [6, 6.07) is 0. The third-order valence-corrected chi connectivity index (χ3v) is 1.21. The maximum absolute atomic E-state index is 9.96. The van der Waals surface area contributed by atoms with Crippen LogP contribution in [0.1, 0.15) is 6.92 Å². The molecule has 0 aliphatic rings. The van der Waals surface area contributed by atoms with Gasteiger partial charge < -0.3 is 14.9 Å². The van der Waals surface area contributed by atoms with E-state index >= 15 is 0 Å². The number of aliphatic hydroxyl groups excluding tert-OH is 1. The first-order valence-corrected chi connectivity index (χ1v) is 3.83. The molecule has 0 saturated heterocycles. The summed E-state index contributed by atoms with van der Waals surface area (Å²) in [5.41, 5.74) is 0. The molecule has 9 heavy (non-hydrogen) atoms. The molecule has 3 N–H and O–H groups in total. The summed E-state index contributed by atoms with van der Waals surface area (Å²) >= 11 is 0. The lowest BCUT2D eigenvalue weighted by molar-refractivity contribution is 0.0921. The zero-order chi connectivity index (χ0) is 7.49. The van der Waals surface area contributed by atoms with Crippen LogP contribution in [0.4, 0.5) is 0 Å². The van der Waals surface area contributed by atoms with Crippen LogP contribution in [0.3, 0.4) is 0 Å². The molecule has 0 spiro atoms. The molecule has 1 unspecified atom stereocenters. The number of phosphoric ester groups is 1. The minimum atomic E-state index is -4.40. The van der Waals surface area contributed by atoms with Crippen LogP contribution in [-0.2, 0) is 9.09 Å². The molecule has 0 bridgehead atoms. The van der Waals surface area contributed by atoms with Gasteiger partial charge in [0.1, 0.15) is 0 Å². The molecular formula is C3H9O5P. The van der Waals surface area contributed by atoms with Gasteiger partial charge in [-0.3, -0.25) is 4.52 Å². The van der Waals surface area contributed by atoms with Crippen molar-refractivity contribution in [3.63, 3.8) is 0 Å². The van der Waals surface area contributed by atoms with Crippen LogP contribution in [0.5, 0.6) is 0 Å². The zero-order valence-electron chi connectivity index (χ0n) is 4.89. The lowest BCUT2D eigenvalue weighted by Gasteiger charge is -2.09. The molecule has 0 saturated carbocycles. The number of rotatable bonds is 3. The Balaban J connectivity index is 3.60. The van der Waals surface area contributed by atoms with E-state index in [0.717, 1.165) is 0 Å². The van der Waals surface area contributed by atoms with Gasteiger partial charge in [0.2, 0.25) is 0 Å². The topological polar surface area (TPSA) is 87.0 Å². The van der Waals surface area contributed by atoms with Crippen molar-refractivity contribution < 1.29 is 24.0 Å². The molecule has 0 radical (unpaired) electrons. The minimum absolute atomic E-state index is 0.398. The van der Waals surface area contributed by atoms with Gasteiger partial charge in [-0.1, -0.05) is 0 Å². The fourth-order valence-electron chi connectivity index (χ4n) is 0.268. The van der Waals surface area contributed by atoms with E-state index in [4.69, 9.17) is 14.9 Å². The SMILES string of the molecule is CC(CO)OP(=O)(O)O. The lowest BCUT2D eigenvalue weighted by atomic mass is 10.5. The van der Waals surface area contributed by atoms with Gasteiger partial charge >= 0.3 is 7.82 Å². The highest BCUT2D eigenvalue weighted by atomic mass is 31.2. The van der Waals surface area contributed by atoms with Gasteiger partial charge in [0.15, 0.2) is 0 Å². The molecule has 0 aliphatic heterocycles. The first-order valence-electron chi connectivity index (χ1n) is 2.30. The maximum Gasteiger partial charge on any atom is 0.469 e. The van der Waals surface area contributed by atoms with Crippen molar-refractivity contribution >= 4 is 7.82 Å². The van der Waals surface area contributed by atoms with Gasteiger partial charge in [-0.15, -0.1) is 0 Å². The Hall–Kier alpha value is 0.0700. The number of phosphoric acid groups is 1. The van der Waals surface area contributed by atoms with Crippen LogP contribution in [-0.4, -0.2) is 27.6 Å². The molecule has 0 rings (SSSR count). The van der Waals surface area contributed by atoms with E-state index in [1.807, 2.05) is 0 Å². The summed E-state index contributed by atoms with van der Waals surface area (Å²) < 4.78 is 14.0. The Bertz CT molecular complexity index is 117. The first-order chi connectivity index (χ1) is 3.95. The van der Waals surface area contributed by atoms with E-state index in [-0.39, 0.29) is 0 Å². The van der Waals surface area contributed by atoms with Crippen molar-refractivity contribution in [1.82, 2.24) is 0 Å². The van der Waals surface area contributed by atoms with Crippen LogP contribution >= 0.6 is 7.82 Å². The molecule has 0 heterocycles. The molecule has 56 valence electrons. The van der Waals surface area contributed by atoms with E-state index in [1.54, 1.807) is 0 Å². The number of hydrogen-bond acceptors (Lipinski definition) is 3. The van der Waals surface area contributed by atoms with E-state index in [9.17, 15) is 4.57 Å². The van der Waals surface area contributed by atoms with E-state index < -0.39 is 20.5 Å². The largest absolute Gasteiger partial charge is 0.469 e. The molecule has 5 nitrogen and oxygen atoms in total. The van der Waals surface area contributed by atoms with Crippen LogP contribution in [0.15, 0.2) is 0 Å². The van der Waals surface area contributed by atoms with Gasteiger partial charge in [0, 0.05) is 0 Å². The minimum Gasteiger partial charge on any atom is -0.394 e. The average molecular weight is 156 g/mol. The van der Waals surface area contributed by atoms with Crippen LogP contribution < -0.4 is 0 Å². The summed E-state index contributed by atoms with van der Waals surface area (Å²) in [5, 5.41) is 8.23. The van der Waals surface area contributed by atoms with Crippen molar-refractivity contribution in [2.45, 2.75) is 13.0 Å². The zero-order valence-corrected chi connectivity index (χ0v) is 5.78. The normalized spacial score (nSPS) is 15.6. The third kappa shape index (κ3) is 5.95. The predicted molar refractivity (Wildman–Crippen MR) is 29.7 cm³/mol. The van der Waals surface area contributed by atoms with Crippen molar-refractivity contribution in [1.29, 1.82) is 0 Å². The van der Waals surface area contributed by atoms with Gasteiger partial charge in [0.25, 0.3) is 0 Å². The quantitative estimate of drug-likeness (QED) is 0.478. The molecule has 0 fully saturated rings. The summed E-state index contributed by atoms with van der Waals surface area (Å²) in [5.74, 6) is 0. The Morgan fingerprint density at radius 1 is 1.67 bits per heavy atom. The summed E-state index contributed by atoms with van der Waals surface area (Å²) in [4.78, 5) is 16.2. The van der Waals surface area contributed by atoms with Gasteiger partial charge in [-0.25, -0.2) is 4.57 Å². The molecular weight excluding hydrogens is 147 g/mol. The van der Waals surface area contributed by atoms with Crippen LogP contribution in [0, 0.1) is 0 Å². The van der Waals surface area contributed by atoms with Crippen molar-refractivity contribution in [2.75, 3.05) is 6.61 Å². The van der Waals surface area contributed by atoms with E-state index in [1.165, 1.54) is 6.92 Å². The Morgan fingerprint density at radius 3 is 2.22 bits per heavy atom. The van der Waals surface area contributed by atoms with E-state index in [0.29, 0.717) is 0 Å². The van der Waals surface area contributed by atoms with Gasteiger partial charge in [-0.05, 0) is 6.92 Å². The Morgan fingerprint density at radius 2 is 2.11 bits per heavy atom. The maximum atomic E-state index is 9.96. The predicted octanol–water partition coefficient (Wildman–Crippen LogP) is -0.524. The molecule has 0 aliphatic carbocycles. The molecule has 0 aromatic carbocycles. The smallest absolute Gasteiger partial charge is 0.394 e. The monoisotopic (exact) mass is 156 g/mol. The first kappa shape index (κ1) is 9.07. The Labute approximate surface area is 52.5 Å². The highest BCUT2D eigenvalue weighted by Crippen LogP contribution is 2.37. The van der Waals surface area contributed by atoms with E-state index in [2.05, 4.69) is 4.52 Å². The standard InChI is InChI=1S/C3H9O5P/c1-3(2-4)8-9(5,6)7/h3-4H,2H2,1H3,(H2,5,6,7). The Kier molecular flexibility index (Phi) is 3.32. The lowest BCUT2D eigenvalue weighted by Crippen LogP contribution is -2.10. The van der Waals surface area contributed by atoms with Crippen molar-refractivity contribution in [3.05, 3.63) is 0 Å². The van der Waals surface area contributed by atoms with Gasteiger partial charge in [0.05, 0.1) is 12.7 Å². The molecule has 0 aromatic heterocycles. The van der Waals surface area contributed by atoms with Crippen LogP contribution in [0.2, 0.25) is 0 Å². The highest BCUT2D eigenvalue weighted by Gasteiger charge is 2.17. The number of aliphatic hydroxyl groups is 1. The molecule has 1 atom stereocenters. The second-order valence-corrected chi connectivity index (χ2v) is 2.78. The van der Waals surface area contributed by atoms with Crippen molar-refractivity contribution in [3.8, 4) is 0 Å². The fraction of sp³-hybridized carbons (Fsp3) is 1.00. The number of hydrogen-bond donors (Lipinski definition) is 3. The third-order valence-electron chi connectivity index (χ3n) is 0.574. The molecule has 0 amide bonds. The highest BCUT2D eigenvalue weighted by molar-refractivity contribution is 7.46. The summed E-state index contributed by atoms with van der Waals surface area (Å²) in [6.45, 7) is 0.963. The molecule has 0 aromatic rings.